The first-order valence-electron chi connectivity index (χ1n) is 7.95. The predicted octanol–water partition coefficient (Wildman–Crippen LogP) is 3.51. The standard InChI is InChI=1S/C17H17Cl2N3O3S/c1-11-15(6-7-16(23)20-13-4-2-12(18)3-5-13)17(19)22(21-11)14-8-9-26(24,25)10-14/h2-7,14H,8-10H2,1H3,(H,20,23)/b7-6+/t14-/m0/s1. The van der Waals surface area contributed by atoms with E-state index in [1.807, 2.05) is 0 Å². The van der Waals surface area contributed by atoms with Gasteiger partial charge in [0.1, 0.15) is 5.15 Å². The van der Waals surface area contributed by atoms with Crippen LogP contribution in [-0.2, 0) is 14.6 Å². The summed E-state index contributed by atoms with van der Waals surface area (Å²) in [4.78, 5) is 12.1. The minimum atomic E-state index is -3.04. The largest absolute Gasteiger partial charge is 0.323 e. The van der Waals surface area contributed by atoms with Crippen LogP contribution in [0.2, 0.25) is 10.2 Å². The average Bonchev–Trinajstić information content (AvgIpc) is 3.07. The van der Waals surface area contributed by atoms with E-state index in [2.05, 4.69) is 10.4 Å². The Balaban J connectivity index is 1.74. The summed E-state index contributed by atoms with van der Waals surface area (Å²) in [5.41, 5.74) is 1.86. The van der Waals surface area contributed by atoms with E-state index in [0.29, 0.717) is 33.5 Å². The molecule has 2 aromatic rings. The Hall–Kier alpha value is -1.83. The van der Waals surface area contributed by atoms with Crippen molar-refractivity contribution in [1.82, 2.24) is 9.78 Å². The SMILES string of the molecule is Cc1nn([C@H]2CCS(=O)(=O)C2)c(Cl)c1/C=C/C(=O)Nc1ccc(Cl)cc1. The zero-order valence-corrected chi connectivity index (χ0v) is 16.3. The number of amides is 1. The summed E-state index contributed by atoms with van der Waals surface area (Å²) in [5, 5.41) is 7.99. The molecule has 1 aromatic carbocycles. The Morgan fingerprint density at radius 1 is 1.31 bits per heavy atom. The number of halogens is 2. The van der Waals surface area contributed by atoms with Crippen molar-refractivity contribution in [2.45, 2.75) is 19.4 Å². The molecule has 1 aromatic heterocycles. The predicted molar refractivity (Wildman–Crippen MR) is 103 cm³/mol. The van der Waals surface area contributed by atoms with Crippen molar-refractivity contribution in [1.29, 1.82) is 0 Å². The molecule has 0 radical (unpaired) electrons. The first-order valence-corrected chi connectivity index (χ1v) is 10.5. The van der Waals surface area contributed by atoms with Crippen LogP contribution in [0.15, 0.2) is 30.3 Å². The van der Waals surface area contributed by atoms with E-state index in [1.165, 1.54) is 10.8 Å². The van der Waals surface area contributed by atoms with Gasteiger partial charge in [-0.1, -0.05) is 23.2 Å². The first kappa shape index (κ1) is 18.9. The molecular formula is C17H17Cl2N3O3S. The molecule has 1 atom stereocenters. The van der Waals surface area contributed by atoms with E-state index in [-0.39, 0.29) is 23.5 Å². The van der Waals surface area contributed by atoms with Gasteiger partial charge in [0.05, 0.1) is 23.2 Å². The quantitative estimate of drug-likeness (QED) is 0.777. The van der Waals surface area contributed by atoms with Gasteiger partial charge >= 0.3 is 0 Å². The maximum absolute atomic E-state index is 12.1. The van der Waals surface area contributed by atoms with Gasteiger partial charge in [-0.05, 0) is 43.7 Å². The topological polar surface area (TPSA) is 81.1 Å². The minimum Gasteiger partial charge on any atom is -0.323 e. The van der Waals surface area contributed by atoms with E-state index in [9.17, 15) is 13.2 Å². The Kier molecular flexibility index (Phi) is 5.41. The molecule has 1 aliphatic rings. The third kappa shape index (κ3) is 4.28. The highest BCUT2D eigenvalue weighted by molar-refractivity contribution is 7.91. The summed E-state index contributed by atoms with van der Waals surface area (Å²) in [6, 6.07) is 6.50. The lowest BCUT2D eigenvalue weighted by molar-refractivity contribution is -0.111. The third-order valence-electron chi connectivity index (χ3n) is 4.14. The minimum absolute atomic E-state index is 0.0358. The number of hydrogen-bond acceptors (Lipinski definition) is 4. The maximum atomic E-state index is 12.1. The molecule has 1 N–H and O–H groups in total. The smallest absolute Gasteiger partial charge is 0.248 e. The molecule has 1 amide bonds. The molecule has 9 heteroatoms. The van der Waals surface area contributed by atoms with Gasteiger partial charge < -0.3 is 5.32 Å². The molecule has 1 aliphatic heterocycles. The molecule has 1 fully saturated rings. The normalized spacial score (nSPS) is 19.1. The van der Waals surface area contributed by atoms with Crippen LogP contribution in [0.25, 0.3) is 6.08 Å². The van der Waals surface area contributed by atoms with Gasteiger partial charge in [0.25, 0.3) is 0 Å². The van der Waals surface area contributed by atoms with Gasteiger partial charge in [-0.2, -0.15) is 5.10 Å². The second-order valence-corrected chi connectivity index (χ2v) is 9.14. The van der Waals surface area contributed by atoms with Crippen LogP contribution in [0.1, 0.15) is 23.7 Å². The molecule has 0 unspecified atom stereocenters. The lowest BCUT2D eigenvalue weighted by atomic mass is 10.2. The molecule has 0 spiro atoms. The number of aryl methyl sites for hydroxylation is 1. The van der Waals surface area contributed by atoms with Crippen molar-refractivity contribution in [3.05, 3.63) is 51.8 Å². The number of nitrogens with one attached hydrogen (secondary N) is 1. The number of nitrogens with zero attached hydrogens (tertiary/aromatic N) is 2. The molecule has 1 saturated heterocycles. The first-order chi connectivity index (χ1) is 12.2. The fraction of sp³-hybridized carbons (Fsp3) is 0.294. The third-order valence-corrected chi connectivity index (χ3v) is 6.52. The highest BCUT2D eigenvalue weighted by Gasteiger charge is 2.31. The van der Waals surface area contributed by atoms with Gasteiger partial charge in [-0.3, -0.25) is 4.79 Å². The van der Waals surface area contributed by atoms with Crippen molar-refractivity contribution in [3.8, 4) is 0 Å². The number of sulfone groups is 1. The lowest BCUT2D eigenvalue weighted by Gasteiger charge is -2.09. The molecule has 6 nitrogen and oxygen atoms in total. The van der Waals surface area contributed by atoms with E-state index < -0.39 is 9.84 Å². The van der Waals surface area contributed by atoms with E-state index in [0.717, 1.165) is 0 Å². The average molecular weight is 414 g/mol. The number of carbonyl (C=O) groups excluding carboxylic acids is 1. The molecule has 26 heavy (non-hydrogen) atoms. The van der Waals surface area contributed by atoms with Crippen molar-refractivity contribution in [2.75, 3.05) is 16.8 Å². The second kappa shape index (κ2) is 7.42. The molecular weight excluding hydrogens is 397 g/mol. The number of aromatic nitrogens is 2. The highest BCUT2D eigenvalue weighted by Crippen LogP contribution is 2.30. The molecule has 2 heterocycles. The van der Waals surface area contributed by atoms with E-state index in [4.69, 9.17) is 23.2 Å². The molecule has 138 valence electrons. The van der Waals surface area contributed by atoms with Crippen LogP contribution in [0.3, 0.4) is 0 Å². The van der Waals surface area contributed by atoms with Crippen LogP contribution < -0.4 is 5.32 Å². The second-order valence-electron chi connectivity index (χ2n) is 6.12. The summed E-state index contributed by atoms with van der Waals surface area (Å²) < 4.78 is 24.9. The van der Waals surface area contributed by atoms with Crippen molar-refractivity contribution in [2.24, 2.45) is 0 Å². The maximum Gasteiger partial charge on any atom is 0.248 e. The van der Waals surface area contributed by atoms with Crippen LogP contribution in [-0.4, -0.2) is 35.6 Å². The summed E-state index contributed by atoms with van der Waals surface area (Å²) in [5.74, 6) is -0.144. The fourth-order valence-electron chi connectivity index (χ4n) is 2.81. The van der Waals surface area contributed by atoms with Crippen molar-refractivity contribution in [3.63, 3.8) is 0 Å². The monoisotopic (exact) mass is 413 g/mol. The van der Waals surface area contributed by atoms with E-state index >= 15 is 0 Å². The van der Waals surface area contributed by atoms with Gasteiger partial charge in [-0.25, -0.2) is 13.1 Å². The Labute approximate surface area is 161 Å². The summed E-state index contributed by atoms with van der Waals surface area (Å²) in [6.45, 7) is 1.77. The number of hydrogen-bond donors (Lipinski definition) is 1. The number of carbonyl (C=O) groups is 1. The zero-order chi connectivity index (χ0) is 18.9. The van der Waals surface area contributed by atoms with Crippen LogP contribution in [0.5, 0.6) is 0 Å². The van der Waals surface area contributed by atoms with Crippen LogP contribution >= 0.6 is 23.2 Å². The number of benzene rings is 1. The lowest BCUT2D eigenvalue weighted by Crippen LogP contribution is -2.12. The number of anilines is 1. The zero-order valence-electron chi connectivity index (χ0n) is 13.9. The van der Waals surface area contributed by atoms with Crippen LogP contribution in [0, 0.1) is 6.92 Å². The summed E-state index contributed by atoms with van der Waals surface area (Å²) >= 11 is 12.2. The molecule has 0 bridgehead atoms. The summed E-state index contributed by atoms with van der Waals surface area (Å²) in [6.07, 6.45) is 3.43. The van der Waals surface area contributed by atoms with Crippen LogP contribution in [0.4, 0.5) is 5.69 Å². The van der Waals surface area contributed by atoms with E-state index in [1.54, 1.807) is 37.3 Å². The Morgan fingerprint density at radius 3 is 2.62 bits per heavy atom. The molecule has 0 saturated carbocycles. The van der Waals surface area contributed by atoms with Gasteiger partial charge in [0.2, 0.25) is 5.91 Å². The van der Waals surface area contributed by atoms with Crippen molar-refractivity contribution < 1.29 is 13.2 Å². The Morgan fingerprint density at radius 2 is 2.00 bits per heavy atom. The van der Waals surface area contributed by atoms with Gasteiger partial charge in [0, 0.05) is 22.3 Å². The van der Waals surface area contributed by atoms with Gasteiger partial charge in [0.15, 0.2) is 9.84 Å². The molecule has 0 aliphatic carbocycles. The van der Waals surface area contributed by atoms with Gasteiger partial charge in [-0.15, -0.1) is 0 Å². The Bertz CT molecular complexity index is 966. The number of rotatable bonds is 4. The molecule has 3 rings (SSSR count). The fourth-order valence-corrected chi connectivity index (χ4v) is 5.00. The summed E-state index contributed by atoms with van der Waals surface area (Å²) in [7, 11) is -3.04. The van der Waals surface area contributed by atoms with Crippen molar-refractivity contribution >= 4 is 50.7 Å². The highest BCUT2D eigenvalue weighted by atomic mass is 35.5.